The first-order valence-corrected chi connectivity index (χ1v) is 7.15. The second-order valence-corrected chi connectivity index (χ2v) is 5.92. The van der Waals surface area contributed by atoms with Crippen molar-refractivity contribution in [2.24, 2.45) is 0 Å². The van der Waals surface area contributed by atoms with Gasteiger partial charge in [0.15, 0.2) is 0 Å². The number of thiophene rings is 1. The van der Waals surface area contributed by atoms with E-state index < -0.39 is 5.97 Å². The topological polar surface area (TPSA) is 66.3 Å². The second kappa shape index (κ2) is 4.45. The van der Waals surface area contributed by atoms with Gasteiger partial charge in [0.05, 0.1) is 5.39 Å². The van der Waals surface area contributed by atoms with E-state index in [1.54, 1.807) is 0 Å². The summed E-state index contributed by atoms with van der Waals surface area (Å²) >= 11 is 1.23. The summed E-state index contributed by atoms with van der Waals surface area (Å²) in [5.41, 5.74) is 0.780. The normalized spacial score (nSPS) is 19.3. The molecule has 5 nitrogen and oxygen atoms in total. The van der Waals surface area contributed by atoms with Gasteiger partial charge >= 0.3 is 5.97 Å². The molecule has 1 N–H and O–H groups in total. The van der Waals surface area contributed by atoms with Crippen LogP contribution in [0.3, 0.4) is 0 Å². The van der Waals surface area contributed by atoms with Crippen molar-refractivity contribution >= 4 is 33.3 Å². The van der Waals surface area contributed by atoms with Crippen molar-refractivity contribution in [2.75, 3.05) is 11.4 Å². The Bertz CT molecular complexity index is 653. The fourth-order valence-electron chi connectivity index (χ4n) is 2.72. The monoisotopic (exact) mass is 277 g/mol. The molecule has 0 aliphatic carbocycles. The Hall–Kier alpha value is -1.69. The number of carbonyl (C=O) groups is 1. The number of aromatic nitrogens is 2. The van der Waals surface area contributed by atoms with Gasteiger partial charge in [-0.25, -0.2) is 14.8 Å². The van der Waals surface area contributed by atoms with E-state index in [0.29, 0.717) is 10.9 Å². The van der Waals surface area contributed by atoms with Gasteiger partial charge in [0.25, 0.3) is 0 Å². The van der Waals surface area contributed by atoms with Crippen LogP contribution in [0.5, 0.6) is 0 Å². The Morgan fingerprint density at radius 1 is 1.53 bits per heavy atom. The highest BCUT2D eigenvalue weighted by atomic mass is 32.1. The molecule has 1 fully saturated rings. The summed E-state index contributed by atoms with van der Waals surface area (Å²) in [6.07, 6.45) is 3.84. The van der Waals surface area contributed by atoms with Crippen LogP contribution in [0.4, 0.5) is 5.82 Å². The molecule has 0 spiro atoms. The number of aromatic carboxylic acids is 1. The van der Waals surface area contributed by atoms with Gasteiger partial charge < -0.3 is 10.0 Å². The lowest BCUT2D eigenvalue weighted by molar-refractivity contribution is 0.0701. The van der Waals surface area contributed by atoms with Crippen LogP contribution in [0.15, 0.2) is 6.33 Å². The first kappa shape index (κ1) is 12.3. The molecular formula is C13H15N3O2S. The van der Waals surface area contributed by atoms with Gasteiger partial charge in [0.2, 0.25) is 0 Å². The Morgan fingerprint density at radius 3 is 2.95 bits per heavy atom. The minimum atomic E-state index is -0.888. The van der Waals surface area contributed by atoms with Crippen molar-refractivity contribution in [3.63, 3.8) is 0 Å². The number of rotatable bonds is 2. The molecule has 3 heterocycles. The van der Waals surface area contributed by atoms with Crippen molar-refractivity contribution in [3.8, 4) is 0 Å². The van der Waals surface area contributed by atoms with Gasteiger partial charge in [-0.3, -0.25) is 0 Å². The molecule has 0 radical (unpaired) electrons. The van der Waals surface area contributed by atoms with Gasteiger partial charge in [0.1, 0.15) is 21.9 Å². The summed E-state index contributed by atoms with van der Waals surface area (Å²) in [6, 6.07) is 0.450. The summed E-state index contributed by atoms with van der Waals surface area (Å²) in [5, 5.41) is 10.1. The van der Waals surface area contributed by atoms with Crippen LogP contribution in [-0.2, 0) is 0 Å². The van der Waals surface area contributed by atoms with E-state index in [9.17, 15) is 9.90 Å². The lowest BCUT2D eigenvalue weighted by Crippen LogP contribution is -2.27. The minimum Gasteiger partial charge on any atom is -0.477 e. The number of anilines is 1. The van der Waals surface area contributed by atoms with Crippen LogP contribution in [0, 0.1) is 6.92 Å². The lowest BCUT2D eigenvalue weighted by Gasteiger charge is -2.23. The maximum absolute atomic E-state index is 11.2. The summed E-state index contributed by atoms with van der Waals surface area (Å²) in [4.78, 5) is 23.2. The third-order valence-corrected chi connectivity index (χ3v) is 4.91. The molecule has 0 bridgehead atoms. The molecule has 2 aromatic rings. The standard InChI is InChI=1S/C13H15N3O2S/c1-7-4-3-5-16(7)11-9-8(2)10(13(17)18)19-12(9)15-6-14-11/h6-7H,3-5H2,1-2H3,(H,17,18). The van der Waals surface area contributed by atoms with Crippen LogP contribution >= 0.6 is 11.3 Å². The molecule has 1 unspecified atom stereocenters. The first-order valence-electron chi connectivity index (χ1n) is 6.33. The molecule has 6 heteroatoms. The smallest absolute Gasteiger partial charge is 0.346 e. The molecular weight excluding hydrogens is 262 g/mol. The third kappa shape index (κ3) is 1.87. The van der Waals surface area contributed by atoms with Gasteiger partial charge in [0, 0.05) is 12.6 Å². The van der Waals surface area contributed by atoms with E-state index in [0.717, 1.165) is 41.0 Å². The number of carboxylic acid groups (broad SMARTS) is 1. The van der Waals surface area contributed by atoms with Crippen LogP contribution in [0.25, 0.3) is 10.2 Å². The largest absolute Gasteiger partial charge is 0.477 e. The number of carboxylic acids is 1. The Balaban J connectivity index is 2.22. The fourth-order valence-corrected chi connectivity index (χ4v) is 3.70. The van der Waals surface area contributed by atoms with E-state index in [1.165, 1.54) is 17.7 Å². The molecule has 3 rings (SSSR count). The Kier molecular flexibility index (Phi) is 2.89. The van der Waals surface area contributed by atoms with E-state index in [1.807, 2.05) is 6.92 Å². The predicted octanol–water partition coefficient (Wildman–Crippen LogP) is 2.69. The maximum Gasteiger partial charge on any atom is 0.346 e. The minimum absolute atomic E-state index is 0.364. The highest BCUT2D eigenvalue weighted by Crippen LogP contribution is 2.37. The average Bonchev–Trinajstić information content (AvgIpc) is 2.94. The summed E-state index contributed by atoms with van der Waals surface area (Å²) in [6.45, 7) is 5.00. The molecule has 1 atom stereocenters. The summed E-state index contributed by atoms with van der Waals surface area (Å²) < 4.78 is 0. The van der Waals surface area contributed by atoms with Gasteiger partial charge in [-0.2, -0.15) is 0 Å². The highest BCUT2D eigenvalue weighted by molar-refractivity contribution is 7.20. The molecule has 0 saturated carbocycles. The second-order valence-electron chi connectivity index (χ2n) is 4.92. The molecule has 1 aliphatic rings. The highest BCUT2D eigenvalue weighted by Gasteiger charge is 2.26. The molecule has 19 heavy (non-hydrogen) atoms. The van der Waals surface area contributed by atoms with Crippen molar-refractivity contribution in [1.82, 2.24) is 9.97 Å². The van der Waals surface area contributed by atoms with Crippen molar-refractivity contribution < 1.29 is 9.90 Å². The zero-order valence-electron chi connectivity index (χ0n) is 10.9. The summed E-state index contributed by atoms with van der Waals surface area (Å²) in [7, 11) is 0. The number of fused-ring (bicyclic) bond motifs is 1. The Labute approximate surface area is 114 Å². The predicted molar refractivity (Wildman–Crippen MR) is 75.2 cm³/mol. The van der Waals surface area contributed by atoms with Gasteiger partial charge in [-0.05, 0) is 32.3 Å². The zero-order valence-corrected chi connectivity index (χ0v) is 11.7. The van der Waals surface area contributed by atoms with Gasteiger partial charge in [-0.1, -0.05) is 0 Å². The molecule has 0 amide bonds. The maximum atomic E-state index is 11.2. The fraction of sp³-hybridized carbons (Fsp3) is 0.462. The molecule has 2 aromatic heterocycles. The quantitative estimate of drug-likeness (QED) is 0.914. The molecule has 1 saturated heterocycles. The van der Waals surface area contributed by atoms with Crippen molar-refractivity contribution in [2.45, 2.75) is 32.7 Å². The molecule has 1 aliphatic heterocycles. The molecule has 0 aromatic carbocycles. The van der Waals surface area contributed by atoms with E-state index >= 15 is 0 Å². The van der Waals surface area contributed by atoms with Gasteiger partial charge in [-0.15, -0.1) is 11.3 Å². The first-order chi connectivity index (χ1) is 9.09. The van der Waals surface area contributed by atoms with Crippen LogP contribution in [0.1, 0.15) is 35.0 Å². The zero-order chi connectivity index (χ0) is 13.6. The SMILES string of the molecule is Cc1c(C(=O)O)sc2ncnc(N3CCCC3C)c12. The third-order valence-electron chi connectivity index (χ3n) is 3.73. The van der Waals surface area contributed by atoms with E-state index in [4.69, 9.17) is 0 Å². The molecule has 100 valence electrons. The average molecular weight is 277 g/mol. The lowest BCUT2D eigenvalue weighted by atomic mass is 10.2. The van der Waals surface area contributed by atoms with Crippen LogP contribution in [0.2, 0.25) is 0 Å². The van der Waals surface area contributed by atoms with E-state index in [-0.39, 0.29) is 0 Å². The summed E-state index contributed by atoms with van der Waals surface area (Å²) in [5.74, 6) is -0.00262. The van der Waals surface area contributed by atoms with Crippen molar-refractivity contribution in [3.05, 3.63) is 16.8 Å². The number of aryl methyl sites for hydroxylation is 1. The number of nitrogens with zero attached hydrogens (tertiary/aromatic N) is 3. The number of hydrogen-bond donors (Lipinski definition) is 1. The van der Waals surface area contributed by atoms with Crippen LogP contribution in [-0.4, -0.2) is 33.6 Å². The van der Waals surface area contributed by atoms with Crippen molar-refractivity contribution in [1.29, 1.82) is 0 Å². The number of hydrogen-bond acceptors (Lipinski definition) is 5. The van der Waals surface area contributed by atoms with Crippen LogP contribution < -0.4 is 4.90 Å². The van der Waals surface area contributed by atoms with E-state index in [2.05, 4.69) is 21.8 Å². The Morgan fingerprint density at radius 2 is 2.32 bits per heavy atom.